The van der Waals surface area contributed by atoms with Gasteiger partial charge in [0.05, 0.1) is 13.5 Å². The number of amides is 2. The van der Waals surface area contributed by atoms with Crippen molar-refractivity contribution in [2.45, 2.75) is 6.42 Å². The van der Waals surface area contributed by atoms with Gasteiger partial charge in [0, 0.05) is 19.8 Å². The van der Waals surface area contributed by atoms with Gasteiger partial charge in [-0.05, 0) is 17.7 Å². The number of hydrogen-bond acceptors (Lipinski definition) is 3. The van der Waals surface area contributed by atoms with Crippen molar-refractivity contribution in [1.29, 1.82) is 0 Å². The molecule has 2 amide bonds. The van der Waals surface area contributed by atoms with E-state index >= 15 is 0 Å². The van der Waals surface area contributed by atoms with Gasteiger partial charge in [0.1, 0.15) is 0 Å². The van der Waals surface area contributed by atoms with Crippen LogP contribution in [0.1, 0.15) is 5.56 Å². The highest BCUT2D eigenvalue weighted by molar-refractivity contribution is 5.89. The molecule has 1 rings (SSSR count). The van der Waals surface area contributed by atoms with Crippen LogP contribution in [-0.4, -0.2) is 38.1 Å². The number of urea groups is 1. The molecule has 1 aromatic rings. The van der Waals surface area contributed by atoms with Crippen molar-refractivity contribution in [1.82, 2.24) is 4.90 Å². The number of nitrogens with zero attached hydrogens (tertiary/aromatic N) is 1. The van der Waals surface area contributed by atoms with Crippen molar-refractivity contribution in [2.24, 2.45) is 0 Å². The minimum atomic E-state index is -0.305. The molecule has 1 aromatic carbocycles. The molecule has 0 aliphatic carbocycles. The molecular weight excluding hydrogens is 220 g/mol. The van der Waals surface area contributed by atoms with Crippen LogP contribution in [0.2, 0.25) is 0 Å². The molecule has 0 aliphatic heterocycles. The van der Waals surface area contributed by atoms with Gasteiger partial charge in [-0.2, -0.15) is 0 Å². The van der Waals surface area contributed by atoms with E-state index in [4.69, 9.17) is 0 Å². The molecule has 0 fully saturated rings. The van der Waals surface area contributed by atoms with E-state index in [-0.39, 0.29) is 18.4 Å². The third-order valence-corrected chi connectivity index (χ3v) is 2.16. The zero-order valence-corrected chi connectivity index (χ0v) is 10.2. The summed E-state index contributed by atoms with van der Waals surface area (Å²) in [5, 5.41) is 2.71. The van der Waals surface area contributed by atoms with E-state index in [0.29, 0.717) is 5.69 Å². The summed E-state index contributed by atoms with van der Waals surface area (Å²) in [5.74, 6) is -0.305. The smallest absolute Gasteiger partial charge is 0.321 e. The van der Waals surface area contributed by atoms with Gasteiger partial charge < -0.3 is 15.0 Å². The normalized spacial score (nSPS) is 9.59. The van der Waals surface area contributed by atoms with E-state index in [0.717, 1.165) is 5.56 Å². The maximum Gasteiger partial charge on any atom is 0.321 e. The van der Waals surface area contributed by atoms with Crippen LogP contribution in [0.25, 0.3) is 0 Å². The van der Waals surface area contributed by atoms with Gasteiger partial charge >= 0.3 is 12.0 Å². The SMILES string of the molecule is COC(=O)Cc1cccc(NC(=O)N(C)C)c1. The third-order valence-electron chi connectivity index (χ3n) is 2.16. The fourth-order valence-electron chi connectivity index (χ4n) is 1.23. The van der Waals surface area contributed by atoms with Crippen LogP contribution in [0.5, 0.6) is 0 Å². The van der Waals surface area contributed by atoms with E-state index in [1.807, 2.05) is 6.07 Å². The molecule has 92 valence electrons. The summed E-state index contributed by atoms with van der Waals surface area (Å²) in [7, 11) is 4.67. The zero-order valence-electron chi connectivity index (χ0n) is 10.2. The number of ether oxygens (including phenoxy) is 1. The second-order valence-electron chi connectivity index (χ2n) is 3.78. The van der Waals surface area contributed by atoms with E-state index in [2.05, 4.69) is 10.1 Å². The lowest BCUT2D eigenvalue weighted by molar-refractivity contribution is -0.139. The number of carbonyl (C=O) groups excluding carboxylic acids is 2. The zero-order chi connectivity index (χ0) is 12.8. The van der Waals surface area contributed by atoms with Crippen LogP contribution >= 0.6 is 0 Å². The number of anilines is 1. The summed E-state index contributed by atoms with van der Waals surface area (Å²) < 4.78 is 4.58. The Balaban J connectivity index is 2.72. The highest BCUT2D eigenvalue weighted by atomic mass is 16.5. The molecule has 0 atom stereocenters. The van der Waals surface area contributed by atoms with Crippen LogP contribution in [0.3, 0.4) is 0 Å². The lowest BCUT2D eigenvalue weighted by Gasteiger charge is -2.12. The molecule has 1 N–H and O–H groups in total. The van der Waals surface area contributed by atoms with Crippen molar-refractivity contribution in [2.75, 3.05) is 26.5 Å². The minimum Gasteiger partial charge on any atom is -0.469 e. The summed E-state index contributed by atoms with van der Waals surface area (Å²) in [4.78, 5) is 24.0. The van der Waals surface area contributed by atoms with Gasteiger partial charge in [-0.25, -0.2) is 4.79 Å². The summed E-state index contributed by atoms with van der Waals surface area (Å²) in [5.41, 5.74) is 1.46. The van der Waals surface area contributed by atoms with Crippen molar-refractivity contribution in [3.8, 4) is 0 Å². The highest BCUT2D eigenvalue weighted by Crippen LogP contribution is 2.12. The van der Waals surface area contributed by atoms with Gasteiger partial charge in [-0.3, -0.25) is 4.79 Å². The molecule has 5 nitrogen and oxygen atoms in total. The Morgan fingerprint density at radius 2 is 2.06 bits per heavy atom. The van der Waals surface area contributed by atoms with Crippen molar-refractivity contribution < 1.29 is 14.3 Å². The number of carbonyl (C=O) groups is 2. The second-order valence-corrected chi connectivity index (χ2v) is 3.78. The Morgan fingerprint density at radius 1 is 1.35 bits per heavy atom. The van der Waals surface area contributed by atoms with Gasteiger partial charge in [-0.1, -0.05) is 12.1 Å². The molecule has 0 saturated carbocycles. The van der Waals surface area contributed by atoms with Crippen LogP contribution in [0.4, 0.5) is 10.5 Å². The van der Waals surface area contributed by atoms with Gasteiger partial charge in [0.15, 0.2) is 0 Å². The van der Waals surface area contributed by atoms with E-state index in [9.17, 15) is 9.59 Å². The number of methoxy groups -OCH3 is 1. The number of benzene rings is 1. The monoisotopic (exact) mass is 236 g/mol. The highest BCUT2D eigenvalue weighted by Gasteiger charge is 2.06. The minimum absolute atomic E-state index is 0.197. The number of hydrogen-bond donors (Lipinski definition) is 1. The van der Waals surface area contributed by atoms with Crippen molar-refractivity contribution in [3.63, 3.8) is 0 Å². The molecule has 0 unspecified atom stereocenters. The van der Waals surface area contributed by atoms with Crippen LogP contribution in [-0.2, 0) is 16.0 Å². The summed E-state index contributed by atoms with van der Waals surface area (Å²) in [6.07, 6.45) is 0.197. The quantitative estimate of drug-likeness (QED) is 0.809. The van der Waals surface area contributed by atoms with Crippen molar-refractivity contribution >= 4 is 17.7 Å². The predicted molar refractivity (Wildman–Crippen MR) is 64.9 cm³/mol. The second kappa shape index (κ2) is 5.89. The van der Waals surface area contributed by atoms with E-state index in [1.165, 1.54) is 12.0 Å². The molecule has 0 radical (unpaired) electrons. The number of nitrogens with one attached hydrogen (secondary N) is 1. The fourth-order valence-corrected chi connectivity index (χ4v) is 1.23. The standard InChI is InChI=1S/C12H16N2O3/c1-14(2)12(16)13-10-6-4-5-9(7-10)8-11(15)17-3/h4-7H,8H2,1-3H3,(H,13,16). The topological polar surface area (TPSA) is 58.6 Å². The first-order valence-electron chi connectivity index (χ1n) is 5.17. The van der Waals surface area contributed by atoms with E-state index in [1.54, 1.807) is 32.3 Å². The van der Waals surface area contributed by atoms with Crippen molar-refractivity contribution in [3.05, 3.63) is 29.8 Å². The van der Waals surface area contributed by atoms with Crippen LogP contribution < -0.4 is 5.32 Å². The largest absolute Gasteiger partial charge is 0.469 e. The summed E-state index contributed by atoms with van der Waals surface area (Å²) >= 11 is 0. The van der Waals surface area contributed by atoms with Gasteiger partial charge in [0.2, 0.25) is 0 Å². The lowest BCUT2D eigenvalue weighted by atomic mass is 10.1. The number of esters is 1. The molecule has 0 saturated heterocycles. The average Bonchev–Trinajstić information content (AvgIpc) is 2.29. The van der Waals surface area contributed by atoms with Crippen LogP contribution in [0, 0.1) is 0 Å². The lowest BCUT2D eigenvalue weighted by Crippen LogP contribution is -2.27. The maximum absolute atomic E-state index is 11.4. The number of rotatable bonds is 3. The predicted octanol–water partition coefficient (Wildman–Crippen LogP) is 1.50. The maximum atomic E-state index is 11.4. The Kier molecular flexibility index (Phi) is 4.51. The molecule has 0 heterocycles. The first-order chi connectivity index (χ1) is 8.02. The van der Waals surface area contributed by atoms with Crippen LogP contribution in [0.15, 0.2) is 24.3 Å². The summed E-state index contributed by atoms with van der Waals surface area (Å²) in [6.45, 7) is 0. The summed E-state index contributed by atoms with van der Waals surface area (Å²) in [6, 6.07) is 6.90. The first-order valence-corrected chi connectivity index (χ1v) is 5.17. The molecule has 17 heavy (non-hydrogen) atoms. The Labute approximate surface area is 100 Å². The van der Waals surface area contributed by atoms with Gasteiger partial charge in [-0.15, -0.1) is 0 Å². The van der Waals surface area contributed by atoms with E-state index < -0.39 is 0 Å². The first kappa shape index (κ1) is 13.0. The molecule has 5 heteroatoms. The molecule has 0 aliphatic rings. The third kappa shape index (κ3) is 4.14. The van der Waals surface area contributed by atoms with Gasteiger partial charge in [0.25, 0.3) is 0 Å². The molecular formula is C12H16N2O3. The fraction of sp³-hybridized carbons (Fsp3) is 0.333. The molecule has 0 spiro atoms. The molecule has 0 aromatic heterocycles. The molecule has 0 bridgehead atoms. The Morgan fingerprint density at radius 3 is 2.65 bits per heavy atom. The Hall–Kier alpha value is -2.04. The Bertz CT molecular complexity index is 416. The average molecular weight is 236 g/mol.